The molecule has 4 aliphatic rings. The number of hydrogen-bond donors (Lipinski definition) is 0. The first kappa shape index (κ1) is 24.8. The van der Waals surface area contributed by atoms with Gasteiger partial charge in [0.05, 0.1) is 6.10 Å². The summed E-state index contributed by atoms with van der Waals surface area (Å²) in [6.45, 7) is 11.4. The molecule has 184 valence electrons. The van der Waals surface area contributed by atoms with E-state index in [1.807, 2.05) is 6.08 Å². The van der Waals surface area contributed by atoms with Crippen molar-refractivity contribution in [3.63, 3.8) is 0 Å². The zero-order chi connectivity index (χ0) is 24.4. The average Bonchev–Trinajstić information content (AvgIpc) is 3.03. The Kier molecular flexibility index (Phi) is 6.09. The van der Waals surface area contributed by atoms with Crippen molar-refractivity contribution < 1.29 is 27.9 Å². The largest absolute Gasteiger partial charge is 0.457 e. The molecule has 0 radical (unpaired) electrons. The number of hydrogen-bond acceptors (Lipinski definition) is 5. The molecule has 0 saturated heterocycles. The van der Waals surface area contributed by atoms with E-state index in [1.54, 1.807) is 0 Å². The maximum atomic E-state index is 17.9. The number of carbonyl (C=O) groups excluding carboxylic acids is 3. The third-order valence-corrected chi connectivity index (χ3v) is 10.3. The molecule has 0 N–H and O–H groups in total. The van der Waals surface area contributed by atoms with Gasteiger partial charge in [-0.05, 0) is 69.5 Å². The normalized spacial score (nSPS) is 42.6. The van der Waals surface area contributed by atoms with Gasteiger partial charge in [-0.15, -0.1) is 0 Å². The number of ketones is 2. The van der Waals surface area contributed by atoms with Gasteiger partial charge in [-0.25, -0.2) is 4.39 Å². The fraction of sp³-hybridized carbons (Fsp3) is 0.808. The van der Waals surface area contributed by atoms with Crippen LogP contribution in [0.15, 0.2) is 11.6 Å². The highest BCUT2D eigenvalue weighted by Crippen LogP contribution is 2.69. The molecule has 0 unspecified atom stereocenters. The second-order valence-corrected chi connectivity index (χ2v) is 16.8. The smallest absolute Gasteiger partial charge is 0.303 e. The van der Waals surface area contributed by atoms with Crippen LogP contribution in [0.25, 0.3) is 0 Å². The molecule has 0 aromatic rings. The third kappa shape index (κ3) is 3.87. The predicted molar refractivity (Wildman–Crippen MR) is 126 cm³/mol. The summed E-state index contributed by atoms with van der Waals surface area (Å²) in [6, 6.07) is 0. The number of alkyl halides is 1. The van der Waals surface area contributed by atoms with Gasteiger partial charge in [0, 0.05) is 36.2 Å². The fourth-order valence-electron chi connectivity index (χ4n) is 7.82. The Morgan fingerprint density at radius 2 is 1.88 bits per heavy atom. The van der Waals surface area contributed by atoms with Crippen molar-refractivity contribution in [1.82, 2.24) is 0 Å². The third-order valence-electron chi connectivity index (χ3n) is 9.32. The van der Waals surface area contributed by atoms with Crippen LogP contribution in [0.3, 0.4) is 0 Å². The van der Waals surface area contributed by atoms with Gasteiger partial charge in [-0.3, -0.25) is 14.4 Å². The summed E-state index contributed by atoms with van der Waals surface area (Å²) in [4.78, 5) is 36.6. The summed E-state index contributed by atoms with van der Waals surface area (Å²) in [7, 11) is -2.11. The Morgan fingerprint density at radius 3 is 2.52 bits per heavy atom. The number of rotatable bonds is 5. The second-order valence-electron chi connectivity index (χ2n) is 12.3. The van der Waals surface area contributed by atoms with Gasteiger partial charge in [0.25, 0.3) is 0 Å². The highest BCUT2D eigenvalue weighted by atomic mass is 28.4. The Morgan fingerprint density at radius 1 is 1.18 bits per heavy atom. The summed E-state index contributed by atoms with van der Waals surface area (Å²) in [6.07, 6.45) is 5.52. The number of Topliss-reactive ketones (excluding diaryl/α,β-unsaturated/α-hetero) is 2. The quantitative estimate of drug-likeness (QED) is 0.402. The van der Waals surface area contributed by atoms with Crippen molar-refractivity contribution in [3.8, 4) is 0 Å². The monoisotopic (exact) mass is 478 g/mol. The standard InChI is InChI=1S/C26H39FO5Si/c1-16(28)31-15-22(30)21-10-9-19-20-8-7-17-13-18(29)11-12-25(17,3)26(20,27)23(14-24(19,21)2)32-33(4,5)6/h10,17,19-20,23H,7-9,11-15H2,1-6H3/t17-,19-,20-,23-,24-,25-,26-/m0/s1. The molecule has 3 saturated carbocycles. The molecule has 7 heteroatoms. The van der Waals surface area contributed by atoms with Crippen LogP contribution >= 0.6 is 0 Å². The molecule has 0 spiro atoms. The number of carbonyl (C=O) groups is 3. The Labute approximate surface area is 198 Å². The van der Waals surface area contributed by atoms with Crippen molar-refractivity contribution in [2.24, 2.45) is 28.6 Å². The van der Waals surface area contributed by atoms with Crippen molar-refractivity contribution >= 4 is 25.9 Å². The number of halogens is 1. The van der Waals surface area contributed by atoms with E-state index in [1.165, 1.54) is 6.92 Å². The van der Waals surface area contributed by atoms with E-state index in [9.17, 15) is 14.4 Å². The van der Waals surface area contributed by atoms with Crippen molar-refractivity contribution in [2.45, 2.75) is 97.1 Å². The van der Waals surface area contributed by atoms with E-state index in [2.05, 4.69) is 33.5 Å². The molecule has 4 aliphatic carbocycles. The van der Waals surface area contributed by atoms with E-state index in [0.717, 1.165) is 12.8 Å². The number of ether oxygens (including phenoxy) is 1. The summed E-state index contributed by atoms with van der Waals surface area (Å²) in [5.74, 6) is -0.567. The summed E-state index contributed by atoms with van der Waals surface area (Å²) < 4.78 is 29.5. The van der Waals surface area contributed by atoms with Gasteiger partial charge in [-0.1, -0.05) is 19.9 Å². The van der Waals surface area contributed by atoms with Crippen molar-refractivity contribution in [2.75, 3.05) is 6.61 Å². The van der Waals surface area contributed by atoms with Crippen LogP contribution < -0.4 is 0 Å². The van der Waals surface area contributed by atoms with Gasteiger partial charge in [0.15, 0.2) is 20.7 Å². The lowest BCUT2D eigenvalue weighted by Gasteiger charge is -2.66. The second kappa shape index (κ2) is 8.11. The molecule has 0 aliphatic heterocycles. The molecule has 5 nitrogen and oxygen atoms in total. The molecular weight excluding hydrogens is 439 g/mol. The Hall–Kier alpha value is -1.34. The first-order valence-corrected chi connectivity index (χ1v) is 15.9. The predicted octanol–water partition coefficient (Wildman–Crippen LogP) is 5.19. The average molecular weight is 479 g/mol. The minimum atomic E-state index is -2.11. The zero-order valence-corrected chi connectivity index (χ0v) is 22.0. The highest BCUT2D eigenvalue weighted by molar-refractivity contribution is 6.69. The van der Waals surface area contributed by atoms with Crippen molar-refractivity contribution in [3.05, 3.63) is 11.6 Å². The molecule has 33 heavy (non-hydrogen) atoms. The van der Waals surface area contributed by atoms with E-state index in [4.69, 9.17) is 9.16 Å². The van der Waals surface area contributed by atoms with Crippen LogP contribution in [0.2, 0.25) is 19.6 Å². The Balaban J connectivity index is 1.74. The number of fused-ring (bicyclic) bond motifs is 5. The van der Waals surface area contributed by atoms with Crippen LogP contribution in [0.5, 0.6) is 0 Å². The molecule has 0 amide bonds. The number of allylic oxidation sites excluding steroid dienone is 1. The molecule has 0 heterocycles. The summed E-state index contributed by atoms with van der Waals surface area (Å²) in [5.41, 5.74) is -1.95. The lowest BCUT2D eigenvalue weighted by Crippen LogP contribution is -2.70. The number of esters is 1. The van der Waals surface area contributed by atoms with Gasteiger partial charge >= 0.3 is 5.97 Å². The molecule has 4 rings (SSSR count). The maximum Gasteiger partial charge on any atom is 0.303 e. The van der Waals surface area contributed by atoms with E-state index in [0.29, 0.717) is 37.7 Å². The van der Waals surface area contributed by atoms with E-state index >= 15 is 4.39 Å². The minimum Gasteiger partial charge on any atom is -0.457 e. The zero-order valence-electron chi connectivity index (χ0n) is 21.0. The van der Waals surface area contributed by atoms with Gasteiger partial charge in [-0.2, -0.15) is 0 Å². The first-order chi connectivity index (χ1) is 15.2. The van der Waals surface area contributed by atoms with Gasteiger partial charge < -0.3 is 9.16 Å². The van der Waals surface area contributed by atoms with Crippen LogP contribution in [-0.2, 0) is 23.5 Å². The highest BCUT2D eigenvalue weighted by Gasteiger charge is 2.72. The molecular formula is C26H39FO5Si. The van der Waals surface area contributed by atoms with Crippen molar-refractivity contribution in [1.29, 1.82) is 0 Å². The van der Waals surface area contributed by atoms with E-state index in [-0.39, 0.29) is 35.9 Å². The topological polar surface area (TPSA) is 69.7 Å². The molecule has 7 atom stereocenters. The van der Waals surface area contributed by atoms with Gasteiger partial charge in [0.1, 0.15) is 11.5 Å². The molecule has 3 fully saturated rings. The van der Waals surface area contributed by atoms with Crippen LogP contribution in [0.4, 0.5) is 4.39 Å². The lowest BCUT2D eigenvalue weighted by atomic mass is 9.42. The molecule has 0 aromatic heterocycles. The summed E-state index contributed by atoms with van der Waals surface area (Å²) >= 11 is 0. The molecule has 0 bridgehead atoms. The van der Waals surface area contributed by atoms with E-state index < -0.39 is 36.9 Å². The fourth-order valence-corrected chi connectivity index (χ4v) is 8.93. The van der Waals surface area contributed by atoms with Crippen LogP contribution in [-0.4, -0.2) is 44.2 Å². The Bertz CT molecular complexity index is 894. The molecule has 0 aromatic carbocycles. The van der Waals surface area contributed by atoms with Crippen LogP contribution in [0.1, 0.15) is 65.7 Å². The minimum absolute atomic E-state index is 0.00988. The SMILES string of the molecule is CC(=O)OCC(=O)C1=CC[C@H]2[C@@H]3CC[C@H]4CC(=O)CC[C@]4(C)[C@@]3(F)[C@@H](O[Si](C)(C)C)C[C@]12C. The maximum absolute atomic E-state index is 17.9. The van der Waals surface area contributed by atoms with Gasteiger partial charge in [0.2, 0.25) is 0 Å². The van der Waals surface area contributed by atoms with Crippen LogP contribution in [0, 0.1) is 28.6 Å². The lowest BCUT2D eigenvalue weighted by molar-refractivity contribution is -0.232. The first-order valence-electron chi connectivity index (χ1n) is 12.5. The summed E-state index contributed by atoms with van der Waals surface area (Å²) in [5, 5.41) is 0.